The fraction of sp³-hybridized carbons (Fsp3) is 0.300. The second kappa shape index (κ2) is 7.00. The summed E-state index contributed by atoms with van der Waals surface area (Å²) in [5.41, 5.74) is 4.13. The molecule has 2 heterocycles. The first kappa shape index (κ1) is 17.5. The number of methoxy groups -OCH3 is 1. The van der Waals surface area contributed by atoms with Gasteiger partial charge in [-0.05, 0) is 30.2 Å². The number of rotatable bonds is 4. The number of halogens is 3. The van der Waals surface area contributed by atoms with Crippen LogP contribution in [0.15, 0.2) is 46.9 Å². The summed E-state index contributed by atoms with van der Waals surface area (Å²) in [5, 5.41) is 1.17. The lowest BCUT2D eigenvalue weighted by Crippen LogP contribution is -2.39. The van der Waals surface area contributed by atoms with E-state index in [2.05, 4.69) is 27.0 Å². The molecule has 0 bridgehead atoms. The van der Waals surface area contributed by atoms with Crippen LogP contribution in [-0.4, -0.2) is 36.5 Å². The summed E-state index contributed by atoms with van der Waals surface area (Å²) in [6, 6.07) is 13.6. The first-order valence-electron chi connectivity index (χ1n) is 8.53. The van der Waals surface area contributed by atoms with Gasteiger partial charge in [-0.15, -0.1) is 0 Å². The number of fused-ring (bicyclic) bond motifs is 3. The van der Waals surface area contributed by atoms with Gasteiger partial charge >= 0.3 is 0 Å². The lowest BCUT2D eigenvalue weighted by atomic mass is 9.92. The molecule has 0 spiro atoms. The molecule has 3 nitrogen and oxygen atoms in total. The number of ether oxygens (including phenoxy) is 1. The van der Waals surface area contributed by atoms with Crippen LogP contribution in [0.5, 0.6) is 5.75 Å². The third kappa shape index (κ3) is 3.01. The number of aromatic nitrogens is 1. The van der Waals surface area contributed by atoms with Crippen LogP contribution >= 0.6 is 15.9 Å². The van der Waals surface area contributed by atoms with E-state index >= 15 is 0 Å². The molecule has 26 heavy (non-hydrogen) atoms. The van der Waals surface area contributed by atoms with Gasteiger partial charge < -0.3 is 9.72 Å². The number of benzene rings is 2. The standard InChI is InChI=1S/C20H19BrF2N2O/c1-26-17-10-12(21)6-7-15(17)20-19-14(8-9-25(20)11-18(22)23)13-4-2-3-5-16(13)24-19/h2-7,10,18,20,24H,8-9,11H2,1H3. The number of para-hydroxylation sites is 1. The molecule has 1 aliphatic heterocycles. The summed E-state index contributed by atoms with van der Waals surface area (Å²) in [6.45, 7) is 0.321. The minimum Gasteiger partial charge on any atom is -0.496 e. The van der Waals surface area contributed by atoms with Crippen molar-refractivity contribution in [2.45, 2.75) is 18.9 Å². The van der Waals surface area contributed by atoms with Crippen molar-refractivity contribution in [2.75, 3.05) is 20.2 Å². The Kier molecular flexibility index (Phi) is 4.71. The zero-order chi connectivity index (χ0) is 18.3. The van der Waals surface area contributed by atoms with Gasteiger partial charge in [0.1, 0.15) is 5.75 Å². The van der Waals surface area contributed by atoms with E-state index < -0.39 is 6.43 Å². The maximum atomic E-state index is 13.2. The van der Waals surface area contributed by atoms with Crippen LogP contribution in [0.2, 0.25) is 0 Å². The van der Waals surface area contributed by atoms with Crippen LogP contribution in [0, 0.1) is 0 Å². The molecule has 0 saturated carbocycles. The number of alkyl halides is 2. The zero-order valence-electron chi connectivity index (χ0n) is 14.3. The SMILES string of the molecule is COc1cc(Br)ccc1C1c2[nH]c3ccccc3c2CCN1CC(F)F. The molecule has 2 aromatic carbocycles. The normalized spacial score (nSPS) is 17.7. The van der Waals surface area contributed by atoms with E-state index in [9.17, 15) is 8.78 Å². The van der Waals surface area contributed by atoms with Crippen molar-refractivity contribution < 1.29 is 13.5 Å². The van der Waals surface area contributed by atoms with Crippen molar-refractivity contribution >= 4 is 26.8 Å². The second-order valence-electron chi connectivity index (χ2n) is 6.49. The van der Waals surface area contributed by atoms with Crippen LogP contribution < -0.4 is 4.74 Å². The van der Waals surface area contributed by atoms with E-state index in [1.165, 1.54) is 10.9 Å². The summed E-state index contributed by atoms with van der Waals surface area (Å²) < 4.78 is 32.9. The Morgan fingerprint density at radius 3 is 2.85 bits per heavy atom. The Balaban J connectivity index is 1.90. The Labute approximate surface area is 159 Å². The maximum Gasteiger partial charge on any atom is 0.251 e. The highest BCUT2D eigenvalue weighted by molar-refractivity contribution is 9.10. The van der Waals surface area contributed by atoms with Crippen molar-refractivity contribution in [3.8, 4) is 5.75 Å². The molecule has 6 heteroatoms. The van der Waals surface area contributed by atoms with Gasteiger partial charge in [0, 0.05) is 33.2 Å². The number of nitrogens with one attached hydrogen (secondary N) is 1. The number of nitrogens with zero attached hydrogens (tertiary/aromatic N) is 1. The Morgan fingerprint density at radius 1 is 1.27 bits per heavy atom. The van der Waals surface area contributed by atoms with E-state index in [-0.39, 0.29) is 12.6 Å². The number of aromatic amines is 1. The monoisotopic (exact) mass is 420 g/mol. The molecule has 1 unspecified atom stereocenters. The Morgan fingerprint density at radius 2 is 2.08 bits per heavy atom. The number of H-pyrrole nitrogens is 1. The van der Waals surface area contributed by atoms with Gasteiger partial charge in [0.15, 0.2) is 0 Å². The largest absolute Gasteiger partial charge is 0.496 e. The third-order valence-corrected chi connectivity index (χ3v) is 5.49. The minimum absolute atomic E-state index is 0.265. The zero-order valence-corrected chi connectivity index (χ0v) is 15.9. The van der Waals surface area contributed by atoms with E-state index in [0.29, 0.717) is 12.3 Å². The third-order valence-electron chi connectivity index (χ3n) is 5.00. The van der Waals surface area contributed by atoms with Gasteiger partial charge in [0.2, 0.25) is 0 Å². The predicted octanol–water partition coefficient (Wildman–Crippen LogP) is 5.15. The summed E-state index contributed by atoms with van der Waals surface area (Å²) in [5.74, 6) is 0.690. The average molecular weight is 421 g/mol. The molecule has 1 atom stereocenters. The first-order valence-corrected chi connectivity index (χ1v) is 9.33. The van der Waals surface area contributed by atoms with E-state index in [1.54, 1.807) is 7.11 Å². The topological polar surface area (TPSA) is 28.3 Å². The van der Waals surface area contributed by atoms with Crippen molar-refractivity contribution in [1.82, 2.24) is 9.88 Å². The average Bonchev–Trinajstić information content (AvgIpc) is 3.00. The van der Waals surface area contributed by atoms with E-state index in [0.717, 1.165) is 27.7 Å². The molecule has 1 N–H and O–H groups in total. The Hall–Kier alpha value is -1.92. The molecule has 0 saturated heterocycles. The molecule has 1 aromatic heterocycles. The number of hydrogen-bond donors (Lipinski definition) is 1. The van der Waals surface area contributed by atoms with Crippen molar-refractivity contribution in [1.29, 1.82) is 0 Å². The summed E-state index contributed by atoms with van der Waals surface area (Å²) >= 11 is 3.45. The summed E-state index contributed by atoms with van der Waals surface area (Å²) in [7, 11) is 1.61. The molecular weight excluding hydrogens is 402 g/mol. The van der Waals surface area contributed by atoms with Gasteiger partial charge in [0.05, 0.1) is 19.7 Å². The highest BCUT2D eigenvalue weighted by Crippen LogP contribution is 2.42. The van der Waals surface area contributed by atoms with Gasteiger partial charge in [-0.3, -0.25) is 4.90 Å². The smallest absolute Gasteiger partial charge is 0.251 e. The van der Waals surface area contributed by atoms with Crippen LogP contribution in [0.3, 0.4) is 0 Å². The predicted molar refractivity (Wildman–Crippen MR) is 102 cm³/mol. The molecule has 1 aliphatic rings. The van der Waals surface area contributed by atoms with E-state index in [1.807, 2.05) is 41.3 Å². The van der Waals surface area contributed by atoms with E-state index in [4.69, 9.17) is 4.74 Å². The van der Waals surface area contributed by atoms with Gasteiger partial charge in [0.25, 0.3) is 6.43 Å². The van der Waals surface area contributed by atoms with Crippen molar-refractivity contribution in [2.24, 2.45) is 0 Å². The van der Waals surface area contributed by atoms with Crippen molar-refractivity contribution in [3.05, 3.63) is 63.8 Å². The molecule has 4 rings (SSSR count). The fourth-order valence-electron chi connectivity index (χ4n) is 3.93. The highest BCUT2D eigenvalue weighted by Gasteiger charge is 2.34. The van der Waals surface area contributed by atoms with Gasteiger partial charge in [-0.2, -0.15) is 0 Å². The molecule has 0 radical (unpaired) electrons. The van der Waals surface area contributed by atoms with Crippen LogP contribution in [0.1, 0.15) is 22.9 Å². The second-order valence-corrected chi connectivity index (χ2v) is 7.40. The minimum atomic E-state index is -2.38. The molecule has 136 valence electrons. The maximum absolute atomic E-state index is 13.2. The van der Waals surface area contributed by atoms with Crippen molar-refractivity contribution in [3.63, 3.8) is 0 Å². The summed E-state index contributed by atoms with van der Waals surface area (Å²) in [6.07, 6.45) is -1.63. The van der Waals surface area contributed by atoms with Crippen LogP contribution in [0.25, 0.3) is 10.9 Å². The first-order chi connectivity index (χ1) is 12.6. The lowest BCUT2D eigenvalue weighted by molar-refractivity contribution is 0.0691. The quantitative estimate of drug-likeness (QED) is 0.631. The number of hydrogen-bond acceptors (Lipinski definition) is 2. The molecule has 0 fully saturated rings. The summed E-state index contributed by atoms with van der Waals surface area (Å²) in [4.78, 5) is 5.32. The van der Waals surface area contributed by atoms with Crippen LogP contribution in [-0.2, 0) is 6.42 Å². The van der Waals surface area contributed by atoms with Gasteiger partial charge in [-0.25, -0.2) is 8.78 Å². The highest BCUT2D eigenvalue weighted by atomic mass is 79.9. The van der Waals surface area contributed by atoms with Gasteiger partial charge in [-0.1, -0.05) is 40.2 Å². The molecule has 3 aromatic rings. The molecular formula is C20H19BrF2N2O. The Bertz CT molecular complexity index is 941. The lowest BCUT2D eigenvalue weighted by Gasteiger charge is -2.36. The molecule has 0 amide bonds. The molecule has 0 aliphatic carbocycles. The fourth-order valence-corrected chi connectivity index (χ4v) is 4.27. The van der Waals surface area contributed by atoms with Crippen LogP contribution in [0.4, 0.5) is 8.78 Å².